The van der Waals surface area contributed by atoms with Gasteiger partial charge in [-0.2, -0.15) is 0 Å². The van der Waals surface area contributed by atoms with Gasteiger partial charge in [-0.3, -0.25) is 4.79 Å². The van der Waals surface area contributed by atoms with Gasteiger partial charge in [0, 0.05) is 0 Å². The van der Waals surface area contributed by atoms with Crippen LogP contribution in [0.15, 0.2) is 0 Å². The SMILES string of the molecule is CCCCCCCCCCCCCCCCCCCCCCCCCCCCCCCCCCCCCCCC(O)CC(=O)NC(CO)C(O)CCCCCCCCCCCCCCCCCCCCCCCCCCC. The van der Waals surface area contributed by atoms with Crippen LogP contribution >= 0.6 is 0 Å². The summed E-state index contributed by atoms with van der Waals surface area (Å²) in [7, 11) is 0. The molecular formula is C72H145NO4. The summed E-state index contributed by atoms with van der Waals surface area (Å²) in [6.45, 7) is 4.33. The number of hydrogen-bond acceptors (Lipinski definition) is 4. The zero-order valence-corrected chi connectivity index (χ0v) is 53.2. The van der Waals surface area contributed by atoms with Crippen molar-refractivity contribution in [3.8, 4) is 0 Å². The Morgan fingerprint density at radius 2 is 0.442 bits per heavy atom. The monoisotopic (exact) mass is 1090 g/mol. The Bertz CT molecular complexity index is 1070. The van der Waals surface area contributed by atoms with Crippen molar-refractivity contribution in [1.29, 1.82) is 0 Å². The van der Waals surface area contributed by atoms with Gasteiger partial charge in [0.1, 0.15) is 0 Å². The summed E-state index contributed by atoms with van der Waals surface area (Å²) in [5, 5.41) is 33.8. The van der Waals surface area contributed by atoms with Gasteiger partial charge in [0.2, 0.25) is 5.91 Å². The zero-order chi connectivity index (χ0) is 55.7. The highest BCUT2D eigenvalue weighted by molar-refractivity contribution is 5.76. The molecule has 0 aromatic heterocycles. The van der Waals surface area contributed by atoms with Crippen LogP contribution in [0.2, 0.25) is 0 Å². The van der Waals surface area contributed by atoms with Crippen LogP contribution in [0.5, 0.6) is 0 Å². The summed E-state index contributed by atoms with van der Waals surface area (Å²) in [4.78, 5) is 12.6. The predicted octanol–water partition coefficient (Wildman–Crippen LogP) is 23.6. The summed E-state index contributed by atoms with van der Waals surface area (Å²) in [6.07, 6.45) is 86.3. The average molecular weight is 1090 g/mol. The first kappa shape index (κ1) is 76.3. The van der Waals surface area contributed by atoms with Crippen molar-refractivity contribution < 1.29 is 20.1 Å². The molecule has 462 valence electrons. The van der Waals surface area contributed by atoms with Gasteiger partial charge in [0.05, 0.1) is 31.3 Å². The van der Waals surface area contributed by atoms with E-state index in [2.05, 4.69) is 19.2 Å². The molecule has 0 heterocycles. The molecule has 0 fully saturated rings. The van der Waals surface area contributed by atoms with Crippen molar-refractivity contribution in [1.82, 2.24) is 5.32 Å². The molecule has 0 aromatic rings. The van der Waals surface area contributed by atoms with Gasteiger partial charge in [-0.05, 0) is 12.8 Å². The second-order valence-corrected chi connectivity index (χ2v) is 25.6. The molecule has 0 saturated carbocycles. The van der Waals surface area contributed by atoms with E-state index in [9.17, 15) is 20.1 Å². The smallest absolute Gasteiger partial charge is 0.222 e. The average Bonchev–Trinajstić information content (AvgIpc) is 3.43. The summed E-state index contributed by atoms with van der Waals surface area (Å²) in [5.74, 6) is -0.271. The number of amides is 1. The molecule has 0 spiro atoms. The largest absolute Gasteiger partial charge is 0.394 e. The van der Waals surface area contributed by atoms with E-state index in [4.69, 9.17) is 0 Å². The number of rotatable bonds is 69. The second kappa shape index (κ2) is 67.9. The maximum absolute atomic E-state index is 12.6. The first-order valence-corrected chi connectivity index (χ1v) is 36.3. The fourth-order valence-corrected chi connectivity index (χ4v) is 12.2. The lowest BCUT2D eigenvalue weighted by Gasteiger charge is -2.23. The number of carbonyl (C=O) groups is 1. The van der Waals surface area contributed by atoms with Crippen LogP contribution in [0.4, 0.5) is 0 Å². The number of aliphatic hydroxyl groups is 3. The molecule has 0 aliphatic carbocycles. The molecule has 1 amide bonds. The first-order chi connectivity index (χ1) is 38.0. The Morgan fingerprint density at radius 1 is 0.273 bits per heavy atom. The van der Waals surface area contributed by atoms with E-state index in [0.29, 0.717) is 12.8 Å². The zero-order valence-electron chi connectivity index (χ0n) is 53.2. The van der Waals surface area contributed by atoms with Gasteiger partial charge in [-0.25, -0.2) is 0 Å². The number of nitrogens with one attached hydrogen (secondary N) is 1. The third-order valence-corrected chi connectivity index (χ3v) is 17.7. The van der Waals surface area contributed by atoms with E-state index in [0.717, 1.165) is 25.7 Å². The molecule has 3 atom stereocenters. The Hall–Kier alpha value is -0.650. The van der Waals surface area contributed by atoms with Gasteiger partial charge in [0.25, 0.3) is 0 Å². The normalized spacial score (nSPS) is 12.9. The summed E-state index contributed by atoms with van der Waals surface area (Å²) >= 11 is 0. The number of carbonyl (C=O) groups excluding carboxylic acids is 1. The lowest BCUT2D eigenvalue weighted by Crippen LogP contribution is -2.46. The first-order valence-electron chi connectivity index (χ1n) is 36.3. The highest BCUT2D eigenvalue weighted by Gasteiger charge is 2.21. The topological polar surface area (TPSA) is 89.8 Å². The molecule has 77 heavy (non-hydrogen) atoms. The Balaban J connectivity index is 3.40. The fourth-order valence-electron chi connectivity index (χ4n) is 12.2. The van der Waals surface area contributed by atoms with E-state index in [-0.39, 0.29) is 18.9 Å². The van der Waals surface area contributed by atoms with Crippen LogP contribution in [0.1, 0.15) is 431 Å². The minimum absolute atomic E-state index is 0.0441. The maximum atomic E-state index is 12.6. The van der Waals surface area contributed by atoms with Crippen molar-refractivity contribution in [2.45, 2.75) is 449 Å². The van der Waals surface area contributed by atoms with Gasteiger partial charge in [-0.1, -0.05) is 412 Å². The molecule has 0 saturated heterocycles. The molecule has 4 N–H and O–H groups in total. The Labute approximate surface area is 485 Å². The van der Waals surface area contributed by atoms with Crippen LogP contribution in [0, 0.1) is 0 Å². The molecule has 5 nitrogen and oxygen atoms in total. The van der Waals surface area contributed by atoms with E-state index < -0.39 is 18.2 Å². The molecular weight excluding hydrogens is 943 g/mol. The van der Waals surface area contributed by atoms with Gasteiger partial charge in [0.15, 0.2) is 0 Å². The lowest BCUT2D eigenvalue weighted by molar-refractivity contribution is -0.125. The van der Waals surface area contributed by atoms with Crippen LogP contribution in [-0.2, 0) is 4.79 Å². The van der Waals surface area contributed by atoms with Crippen molar-refractivity contribution in [3.05, 3.63) is 0 Å². The van der Waals surface area contributed by atoms with Crippen LogP contribution < -0.4 is 5.32 Å². The maximum Gasteiger partial charge on any atom is 0.222 e. The summed E-state index contributed by atoms with van der Waals surface area (Å²) in [5.41, 5.74) is 0. The van der Waals surface area contributed by atoms with E-state index in [1.807, 2.05) is 0 Å². The van der Waals surface area contributed by atoms with Crippen molar-refractivity contribution in [3.63, 3.8) is 0 Å². The molecule has 0 aliphatic rings. The number of unbranched alkanes of at least 4 members (excludes halogenated alkanes) is 60. The molecule has 3 unspecified atom stereocenters. The number of aliphatic hydroxyl groups excluding tert-OH is 3. The van der Waals surface area contributed by atoms with Crippen LogP contribution in [0.25, 0.3) is 0 Å². The van der Waals surface area contributed by atoms with Crippen molar-refractivity contribution in [2.75, 3.05) is 6.61 Å². The minimum atomic E-state index is -0.747. The Morgan fingerprint density at radius 3 is 0.623 bits per heavy atom. The molecule has 0 rings (SSSR count). The number of hydrogen-bond donors (Lipinski definition) is 4. The summed E-state index contributed by atoms with van der Waals surface area (Å²) in [6, 6.07) is -0.656. The Kier molecular flexibility index (Phi) is 67.3. The van der Waals surface area contributed by atoms with Crippen LogP contribution in [0.3, 0.4) is 0 Å². The molecule has 0 bridgehead atoms. The van der Waals surface area contributed by atoms with Gasteiger partial charge in [-0.15, -0.1) is 0 Å². The van der Waals surface area contributed by atoms with Crippen molar-refractivity contribution in [2.24, 2.45) is 0 Å². The summed E-state index contributed by atoms with van der Waals surface area (Å²) < 4.78 is 0. The van der Waals surface area contributed by atoms with Crippen LogP contribution in [-0.4, -0.2) is 46.1 Å². The predicted molar refractivity (Wildman–Crippen MR) is 342 cm³/mol. The van der Waals surface area contributed by atoms with E-state index >= 15 is 0 Å². The lowest BCUT2D eigenvalue weighted by atomic mass is 10.0. The molecule has 0 radical (unpaired) electrons. The third-order valence-electron chi connectivity index (χ3n) is 17.7. The van der Waals surface area contributed by atoms with E-state index in [1.165, 1.54) is 372 Å². The quantitative estimate of drug-likeness (QED) is 0.0457. The van der Waals surface area contributed by atoms with Crippen molar-refractivity contribution >= 4 is 5.91 Å². The third kappa shape index (κ3) is 64.4. The highest BCUT2D eigenvalue weighted by Crippen LogP contribution is 2.20. The second-order valence-electron chi connectivity index (χ2n) is 25.6. The standard InChI is InChI=1S/C72H145NO4/c1-3-5-7-9-11-13-15-17-19-21-23-25-27-29-30-31-32-33-34-35-36-37-38-39-40-42-43-45-47-49-51-53-55-57-59-61-63-65-69(75)67-72(77)73-70(68-74)71(76)66-64-62-60-58-56-54-52-50-48-46-44-41-28-26-24-22-20-18-16-14-12-10-8-6-4-2/h69-71,74-76H,3-68H2,1-2H3,(H,73,77). The minimum Gasteiger partial charge on any atom is -0.394 e. The van der Waals surface area contributed by atoms with Gasteiger partial charge >= 0.3 is 0 Å². The molecule has 5 heteroatoms. The highest BCUT2D eigenvalue weighted by atomic mass is 16.3. The fraction of sp³-hybridized carbons (Fsp3) is 0.986. The molecule has 0 aromatic carbocycles. The van der Waals surface area contributed by atoms with E-state index in [1.54, 1.807) is 0 Å². The molecule has 0 aliphatic heterocycles. The van der Waals surface area contributed by atoms with Gasteiger partial charge < -0.3 is 20.6 Å².